The SMILES string of the molecule is CC(=O)N[C@@H](Cc1c[nH]c2ccccc12)C(=O)OCC(=O)N[C@@H]1CCCC[C@H]1C. The summed E-state index contributed by atoms with van der Waals surface area (Å²) in [6.07, 6.45) is 6.45. The zero-order chi connectivity index (χ0) is 20.8. The summed E-state index contributed by atoms with van der Waals surface area (Å²) < 4.78 is 5.23. The van der Waals surface area contributed by atoms with E-state index in [1.165, 1.54) is 13.3 Å². The predicted molar refractivity (Wildman–Crippen MR) is 110 cm³/mol. The Kier molecular flexibility index (Phi) is 6.90. The first-order chi connectivity index (χ1) is 13.9. The number of para-hydroxylation sites is 1. The highest BCUT2D eigenvalue weighted by Gasteiger charge is 2.26. The number of hydrogen-bond donors (Lipinski definition) is 3. The van der Waals surface area contributed by atoms with Crippen molar-refractivity contribution in [3.8, 4) is 0 Å². The van der Waals surface area contributed by atoms with E-state index >= 15 is 0 Å². The van der Waals surface area contributed by atoms with Crippen molar-refractivity contribution in [3.05, 3.63) is 36.0 Å². The van der Waals surface area contributed by atoms with Crippen molar-refractivity contribution < 1.29 is 19.1 Å². The summed E-state index contributed by atoms with van der Waals surface area (Å²) in [6.45, 7) is 3.14. The zero-order valence-electron chi connectivity index (χ0n) is 17.0. The van der Waals surface area contributed by atoms with E-state index < -0.39 is 12.0 Å². The van der Waals surface area contributed by atoms with Gasteiger partial charge < -0.3 is 20.4 Å². The molecule has 0 spiro atoms. The molecule has 1 aromatic heterocycles. The summed E-state index contributed by atoms with van der Waals surface area (Å²) in [5.74, 6) is -0.812. The van der Waals surface area contributed by atoms with Crippen molar-refractivity contribution >= 4 is 28.7 Å². The minimum absolute atomic E-state index is 0.132. The fourth-order valence-electron chi connectivity index (χ4n) is 3.98. The second kappa shape index (κ2) is 9.58. The van der Waals surface area contributed by atoms with Crippen LogP contribution in [0, 0.1) is 5.92 Å². The monoisotopic (exact) mass is 399 g/mol. The van der Waals surface area contributed by atoms with Crippen molar-refractivity contribution in [1.29, 1.82) is 0 Å². The average molecular weight is 399 g/mol. The molecule has 29 heavy (non-hydrogen) atoms. The Hall–Kier alpha value is -2.83. The van der Waals surface area contributed by atoms with Gasteiger partial charge in [0.2, 0.25) is 5.91 Å². The van der Waals surface area contributed by atoms with E-state index in [1.807, 2.05) is 30.5 Å². The van der Waals surface area contributed by atoms with Gasteiger partial charge in [0, 0.05) is 36.5 Å². The summed E-state index contributed by atoms with van der Waals surface area (Å²) in [4.78, 5) is 39.5. The van der Waals surface area contributed by atoms with Gasteiger partial charge in [-0.3, -0.25) is 9.59 Å². The van der Waals surface area contributed by atoms with E-state index in [1.54, 1.807) is 0 Å². The smallest absolute Gasteiger partial charge is 0.329 e. The molecule has 0 aliphatic heterocycles. The van der Waals surface area contributed by atoms with Crippen molar-refractivity contribution in [2.24, 2.45) is 5.92 Å². The molecule has 3 N–H and O–H groups in total. The number of aromatic amines is 1. The standard InChI is InChI=1S/C22H29N3O4/c1-14-7-3-5-9-18(14)25-21(27)13-29-22(28)20(24-15(2)26)11-16-12-23-19-10-6-4-8-17(16)19/h4,6,8,10,12,14,18,20,23H,3,5,7,9,11,13H2,1-2H3,(H,24,26)(H,25,27)/t14-,18-,20+/m1/s1. The molecule has 1 heterocycles. The molecule has 1 fully saturated rings. The molecule has 0 unspecified atom stereocenters. The maximum absolute atomic E-state index is 12.6. The van der Waals surface area contributed by atoms with E-state index in [-0.39, 0.29) is 30.9 Å². The average Bonchev–Trinajstić information content (AvgIpc) is 3.10. The number of aromatic nitrogens is 1. The first-order valence-corrected chi connectivity index (χ1v) is 10.2. The largest absolute Gasteiger partial charge is 0.454 e. The van der Waals surface area contributed by atoms with Gasteiger partial charge in [-0.05, 0) is 30.4 Å². The summed E-state index contributed by atoms with van der Waals surface area (Å²) in [7, 11) is 0. The highest BCUT2D eigenvalue weighted by atomic mass is 16.5. The molecule has 7 heteroatoms. The van der Waals surface area contributed by atoms with Gasteiger partial charge in [-0.15, -0.1) is 0 Å². The minimum atomic E-state index is -0.854. The molecule has 2 aromatic rings. The van der Waals surface area contributed by atoms with Crippen LogP contribution in [0.2, 0.25) is 0 Å². The van der Waals surface area contributed by atoms with Crippen LogP contribution in [0.25, 0.3) is 10.9 Å². The van der Waals surface area contributed by atoms with Gasteiger partial charge >= 0.3 is 5.97 Å². The first kappa shape index (κ1) is 20.9. The first-order valence-electron chi connectivity index (χ1n) is 10.2. The third-order valence-corrected chi connectivity index (χ3v) is 5.56. The third kappa shape index (κ3) is 5.59. The van der Waals surface area contributed by atoms with Gasteiger partial charge in [-0.2, -0.15) is 0 Å². The lowest BCUT2D eigenvalue weighted by molar-refractivity contribution is -0.151. The summed E-state index contributed by atoms with van der Waals surface area (Å²) in [5, 5.41) is 6.59. The highest BCUT2D eigenvalue weighted by molar-refractivity contribution is 5.88. The molecule has 2 amide bonds. The molecular formula is C22H29N3O4. The van der Waals surface area contributed by atoms with Crippen molar-refractivity contribution in [3.63, 3.8) is 0 Å². The number of benzene rings is 1. The van der Waals surface area contributed by atoms with E-state index in [0.29, 0.717) is 5.92 Å². The van der Waals surface area contributed by atoms with Crippen molar-refractivity contribution in [2.45, 2.75) is 58.0 Å². The molecule has 3 atom stereocenters. The Bertz CT molecular complexity index is 876. The normalized spacial score (nSPS) is 20.1. The van der Waals surface area contributed by atoms with Crippen LogP contribution in [0.3, 0.4) is 0 Å². The lowest BCUT2D eigenvalue weighted by Crippen LogP contribution is -2.45. The molecule has 3 rings (SSSR count). The Morgan fingerprint density at radius 2 is 1.97 bits per heavy atom. The number of nitrogens with one attached hydrogen (secondary N) is 3. The van der Waals surface area contributed by atoms with Crippen LogP contribution >= 0.6 is 0 Å². The van der Waals surface area contributed by atoms with Gasteiger partial charge in [0.15, 0.2) is 6.61 Å². The second-order valence-electron chi connectivity index (χ2n) is 7.86. The molecule has 0 radical (unpaired) electrons. The molecule has 1 aliphatic rings. The second-order valence-corrected chi connectivity index (χ2v) is 7.86. The van der Waals surface area contributed by atoms with Crippen LogP contribution < -0.4 is 10.6 Å². The Morgan fingerprint density at radius 3 is 2.72 bits per heavy atom. The molecule has 0 saturated heterocycles. The van der Waals surface area contributed by atoms with Crippen LogP contribution in [0.1, 0.15) is 45.1 Å². The maximum atomic E-state index is 12.6. The van der Waals surface area contributed by atoms with Crippen molar-refractivity contribution in [1.82, 2.24) is 15.6 Å². The van der Waals surface area contributed by atoms with Gasteiger partial charge in [0.25, 0.3) is 5.91 Å². The number of H-pyrrole nitrogens is 1. The maximum Gasteiger partial charge on any atom is 0.329 e. The Labute approximate surface area is 170 Å². The summed E-state index contributed by atoms with van der Waals surface area (Å²) in [6, 6.07) is 7.02. The predicted octanol–water partition coefficient (Wildman–Crippen LogP) is 2.45. The Morgan fingerprint density at radius 1 is 1.21 bits per heavy atom. The quantitative estimate of drug-likeness (QED) is 0.623. The van der Waals surface area contributed by atoms with E-state index in [4.69, 9.17) is 4.74 Å². The van der Waals surface area contributed by atoms with Crippen LogP contribution in [0.15, 0.2) is 30.5 Å². The van der Waals surface area contributed by atoms with Gasteiger partial charge in [-0.1, -0.05) is 38.0 Å². The zero-order valence-corrected chi connectivity index (χ0v) is 17.0. The van der Waals surface area contributed by atoms with Crippen LogP contribution in [0.5, 0.6) is 0 Å². The lowest BCUT2D eigenvalue weighted by Gasteiger charge is -2.29. The van der Waals surface area contributed by atoms with Crippen LogP contribution in [-0.4, -0.2) is 41.5 Å². The highest BCUT2D eigenvalue weighted by Crippen LogP contribution is 2.23. The number of fused-ring (bicyclic) bond motifs is 1. The molecule has 1 saturated carbocycles. The number of rotatable bonds is 7. The van der Waals surface area contributed by atoms with Gasteiger partial charge in [0.05, 0.1) is 0 Å². The third-order valence-electron chi connectivity index (χ3n) is 5.56. The summed E-state index contributed by atoms with van der Waals surface area (Å²) in [5.41, 5.74) is 1.86. The van der Waals surface area contributed by atoms with E-state index in [0.717, 1.165) is 35.7 Å². The minimum Gasteiger partial charge on any atom is -0.454 e. The fraction of sp³-hybridized carbons (Fsp3) is 0.500. The number of hydrogen-bond acceptors (Lipinski definition) is 4. The molecule has 156 valence electrons. The Balaban J connectivity index is 1.58. The number of carbonyl (C=O) groups is 3. The fourth-order valence-corrected chi connectivity index (χ4v) is 3.98. The number of carbonyl (C=O) groups excluding carboxylic acids is 3. The molecule has 0 bridgehead atoms. The topological polar surface area (TPSA) is 100 Å². The van der Waals surface area contributed by atoms with Crippen LogP contribution in [-0.2, 0) is 25.5 Å². The van der Waals surface area contributed by atoms with Gasteiger partial charge in [-0.25, -0.2) is 4.79 Å². The molecule has 1 aliphatic carbocycles. The number of amides is 2. The number of ether oxygens (including phenoxy) is 1. The van der Waals surface area contributed by atoms with E-state index in [9.17, 15) is 14.4 Å². The molecule has 1 aromatic carbocycles. The van der Waals surface area contributed by atoms with Crippen molar-refractivity contribution in [2.75, 3.05) is 6.61 Å². The lowest BCUT2D eigenvalue weighted by atomic mass is 9.86. The molecular weight excluding hydrogens is 370 g/mol. The van der Waals surface area contributed by atoms with Gasteiger partial charge in [0.1, 0.15) is 6.04 Å². The molecule has 7 nitrogen and oxygen atoms in total. The van der Waals surface area contributed by atoms with Crippen LogP contribution in [0.4, 0.5) is 0 Å². The van der Waals surface area contributed by atoms with E-state index in [2.05, 4.69) is 22.5 Å². The number of esters is 1. The summed E-state index contributed by atoms with van der Waals surface area (Å²) >= 11 is 0.